The highest BCUT2D eigenvalue weighted by Crippen LogP contribution is 2.33. The lowest BCUT2D eigenvalue weighted by Gasteiger charge is -2.12. The summed E-state index contributed by atoms with van der Waals surface area (Å²) in [4.78, 5) is 0. The fourth-order valence-corrected chi connectivity index (χ4v) is 2.25. The van der Waals surface area contributed by atoms with E-state index in [0.717, 1.165) is 5.56 Å². The lowest BCUT2D eigenvalue weighted by molar-refractivity contribution is 0.284. The van der Waals surface area contributed by atoms with E-state index in [-0.39, 0.29) is 6.01 Å². The quantitative estimate of drug-likeness (QED) is 0.531. The number of anilines is 1. The van der Waals surface area contributed by atoms with Crippen LogP contribution in [-0.2, 0) is 6.61 Å². The minimum atomic E-state index is 0.142. The number of hydrogen-bond donors (Lipinski definition) is 2. The van der Waals surface area contributed by atoms with Gasteiger partial charge < -0.3 is 13.9 Å². The number of nitrogen functional groups attached to an aromatic ring is 1. The number of aromatic nitrogens is 2. The van der Waals surface area contributed by atoms with Gasteiger partial charge in [0.1, 0.15) is 6.61 Å². The lowest BCUT2D eigenvalue weighted by atomic mass is 10.1. The standard InChI is InChI=1S/C17H18N4O3/c1-11-5-3-4-6-13(11)10-23-15-9-12(7-8-14(15)22-2)16-20-21-17(19-18)24-16/h3-9H,10,18H2,1-2H3,(H,19,21). The molecule has 7 heteroatoms. The highest BCUT2D eigenvalue weighted by atomic mass is 16.5. The predicted molar refractivity (Wildman–Crippen MR) is 89.6 cm³/mol. The third kappa shape index (κ3) is 3.31. The molecule has 3 rings (SSSR count). The smallest absolute Gasteiger partial charge is 0.330 e. The molecule has 0 aliphatic carbocycles. The van der Waals surface area contributed by atoms with Crippen LogP contribution in [0.25, 0.3) is 11.5 Å². The summed E-state index contributed by atoms with van der Waals surface area (Å²) in [5.41, 5.74) is 5.30. The molecule has 0 aliphatic rings. The number of ether oxygens (including phenoxy) is 2. The average molecular weight is 326 g/mol. The number of hydrogen-bond acceptors (Lipinski definition) is 7. The van der Waals surface area contributed by atoms with E-state index in [0.29, 0.717) is 29.6 Å². The first kappa shape index (κ1) is 15.8. The molecule has 3 N–H and O–H groups in total. The number of hydrazine groups is 1. The first-order valence-electron chi connectivity index (χ1n) is 7.37. The number of aryl methyl sites for hydroxylation is 1. The maximum atomic E-state index is 5.94. The molecule has 124 valence electrons. The molecule has 0 saturated carbocycles. The second kappa shape index (κ2) is 7.01. The Morgan fingerprint density at radius 3 is 2.67 bits per heavy atom. The van der Waals surface area contributed by atoms with Crippen LogP contribution in [0.5, 0.6) is 11.5 Å². The summed E-state index contributed by atoms with van der Waals surface area (Å²) in [7, 11) is 1.60. The molecule has 0 bridgehead atoms. The summed E-state index contributed by atoms with van der Waals surface area (Å²) < 4.78 is 16.7. The van der Waals surface area contributed by atoms with E-state index in [1.54, 1.807) is 19.2 Å². The van der Waals surface area contributed by atoms with Crippen LogP contribution in [0, 0.1) is 6.92 Å². The maximum Gasteiger partial charge on any atom is 0.330 e. The molecular formula is C17H18N4O3. The Hall–Kier alpha value is -3.06. The monoisotopic (exact) mass is 326 g/mol. The van der Waals surface area contributed by atoms with E-state index >= 15 is 0 Å². The summed E-state index contributed by atoms with van der Waals surface area (Å²) in [5, 5.41) is 7.69. The Morgan fingerprint density at radius 2 is 1.96 bits per heavy atom. The normalized spacial score (nSPS) is 10.5. The lowest BCUT2D eigenvalue weighted by Crippen LogP contribution is -2.06. The van der Waals surface area contributed by atoms with Crippen LogP contribution in [0.15, 0.2) is 46.9 Å². The Labute approximate surface area is 139 Å². The fraction of sp³-hybridized carbons (Fsp3) is 0.176. The Morgan fingerprint density at radius 1 is 1.12 bits per heavy atom. The van der Waals surface area contributed by atoms with Crippen molar-refractivity contribution in [2.75, 3.05) is 12.5 Å². The molecule has 0 unspecified atom stereocenters. The van der Waals surface area contributed by atoms with Gasteiger partial charge in [-0.1, -0.05) is 29.4 Å². The van der Waals surface area contributed by atoms with Gasteiger partial charge in [-0.15, -0.1) is 5.10 Å². The Balaban J connectivity index is 1.85. The highest BCUT2D eigenvalue weighted by Gasteiger charge is 2.12. The van der Waals surface area contributed by atoms with Gasteiger partial charge in [0.15, 0.2) is 11.5 Å². The minimum Gasteiger partial charge on any atom is -0.493 e. The molecule has 2 aromatic carbocycles. The highest BCUT2D eigenvalue weighted by molar-refractivity contribution is 5.60. The van der Waals surface area contributed by atoms with E-state index in [1.165, 1.54) is 5.56 Å². The van der Waals surface area contributed by atoms with Crippen molar-refractivity contribution in [1.82, 2.24) is 10.2 Å². The van der Waals surface area contributed by atoms with Crippen LogP contribution in [0.2, 0.25) is 0 Å². The van der Waals surface area contributed by atoms with Gasteiger partial charge >= 0.3 is 6.01 Å². The third-order valence-corrected chi connectivity index (χ3v) is 3.60. The van der Waals surface area contributed by atoms with Crippen LogP contribution < -0.4 is 20.7 Å². The fourth-order valence-electron chi connectivity index (χ4n) is 2.25. The molecule has 7 nitrogen and oxygen atoms in total. The van der Waals surface area contributed by atoms with E-state index in [9.17, 15) is 0 Å². The van der Waals surface area contributed by atoms with Crippen LogP contribution in [0.3, 0.4) is 0 Å². The van der Waals surface area contributed by atoms with E-state index < -0.39 is 0 Å². The number of benzene rings is 2. The van der Waals surface area contributed by atoms with Gasteiger partial charge in [0.2, 0.25) is 5.89 Å². The number of nitrogens with zero attached hydrogens (tertiary/aromatic N) is 2. The van der Waals surface area contributed by atoms with E-state index in [4.69, 9.17) is 19.7 Å². The van der Waals surface area contributed by atoms with Gasteiger partial charge in [0.05, 0.1) is 7.11 Å². The molecule has 0 radical (unpaired) electrons. The van der Waals surface area contributed by atoms with Gasteiger partial charge in [-0.2, -0.15) is 0 Å². The van der Waals surface area contributed by atoms with Crippen LogP contribution in [0.4, 0.5) is 6.01 Å². The SMILES string of the molecule is COc1ccc(-c2nnc(NN)o2)cc1OCc1ccccc1C. The summed E-state index contributed by atoms with van der Waals surface area (Å²) >= 11 is 0. The Bertz CT molecular complexity index is 832. The summed E-state index contributed by atoms with van der Waals surface area (Å²) in [5.74, 6) is 6.82. The van der Waals surface area contributed by atoms with Gasteiger partial charge in [-0.3, -0.25) is 5.43 Å². The zero-order valence-electron chi connectivity index (χ0n) is 13.4. The van der Waals surface area contributed by atoms with Crippen molar-refractivity contribution in [3.63, 3.8) is 0 Å². The number of nitrogens with two attached hydrogens (primary N) is 1. The van der Waals surface area contributed by atoms with Crippen molar-refractivity contribution < 1.29 is 13.9 Å². The molecule has 0 aliphatic heterocycles. The molecule has 0 spiro atoms. The van der Waals surface area contributed by atoms with E-state index in [2.05, 4.69) is 15.6 Å². The number of nitrogens with one attached hydrogen (secondary N) is 1. The van der Waals surface area contributed by atoms with E-state index in [1.807, 2.05) is 37.3 Å². The zero-order valence-corrected chi connectivity index (χ0v) is 13.4. The molecule has 0 saturated heterocycles. The van der Waals surface area contributed by atoms with Gasteiger partial charge in [-0.25, -0.2) is 5.84 Å². The zero-order chi connectivity index (χ0) is 16.9. The van der Waals surface area contributed by atoms with Crippen molar-refractivity contribution >= 4 is 6.01 Å². The van der Waals surface area contributed by atoms with Gasteiger partial charge in [0, 0.05) is 5.56 Å². The van der Waals surface area contributed by atoms with Crippen LogP contribution in [0.1, 0.15) is 11.1 Å². The van der Waals surface area contributed by atoms with Crippen molar-refractivity contribution in [3.8, 4) is 23.0 Å². The van der Waals surface area contributed by atoms with Crippen molar-refractivity contribution in [2.45, 2.75) is 13.5 Å². The summed E-state index contributed by atoms with van der Waals surface area (Å²) in [6.45, 7) is 2.48. The molecule has 3 aromatic rings. The van der Waals surface area contributed by atoms with Gasteiger partial charge in [-0.05, 0) is 36.2 Å². The maximum absolute atomic E-state index is 5.94. The molecular weight excluding hydrogens is 308 g/mol. The molecule has 0 amide bonds. The number of rotatable bonds is 6. The molecule has 0 fully saturated rings. The predicted octanol–water partition coefficient (Wildman–Crippen LogP) is 2.92. The minimum absolute atomic E-state index is 0.142. The second-order valence-electron chi connectivity index (χ2n) is 5.14. The largest absolute Gasteiger partial charge is 0.493 e. The van der Waals surface area contributed by atoms with Crippen molar-refractivity contribution in [2.24, 2.45) is 5.84 Å². The van der Waals surface area contributed by atoms with Crippen molar-refractivity contribution in [1.29, 1.82) is 0 Å². The molecule has 0 atom stereocenters. The number of methoxy groups -OCH3 is 1. The Kier molecular flexibility index (Phi) is 4.62. The second-order valence-corrected chi connectivity index (χ2v) is 5.14. The van der Waals surface area contributed by atoms with Crippen LogP contribution >= 0.6 is 0 Å². The topological polar surface area (TPSA) is 95.4 Å². The molecule has 1 aromatic heterocycles. The van der Waals surface area contributed by atoms with Crippen molar-refractivity contribution in [3.05, 3.63) is 53.6 Å². The third-order valence-electron chi connectivity index (χ3n) is 3.60. The first-order chi connectivity index (χ1) is 11.7. The average Bonchev–Trinajstić information content (AvgIpc) is 3.10. The molecule has 1 heterocycles. The summed E-state index contributed by atoms with van der Waals surface area (Å²) in [6, 6.07) is 13.6. The molecule has 24 heavy (non-hydrogen) atoms. The summed E-state index contributed by atoms with van der Waals surface area (Å²) in [6.07, 6.45) is 0. The van der Waals surface area contributed by atoms with Crippen LogP contribution in [-0.4, -0.2) is 17.3 Å². The first-order valence-corrected chi connectivity index (χ1v) is 7.37. The van der Waals surface area contributed by atoms with Gasteiger partial charge in [0.25, 0.3) is 0 Å².